The van der Waals surface area contributed by atoms with Gasteiger partial charge in [-0.25, -0.2) is 0 Å². The minimum atomic E-state index is -0.329. The fourth-order valence-corrected chi connectivity index (χ4v) is 3.09. The standard InChI is InChI=1S/C18H23N3O5/c1-11-20-21-18(25-11)17(22)19-12-7-9-13(10-8-12)26-15-6-4-5-14(23-2)16(15)24-3/h4-6,12-13H,7-10H2,1-3H3,(H,19,22). The maximum atomic E-state index is 12.1. The topological polar surface area (TPSA) is 95.7 Å². The molecule has 0 radical (unpaired) electrons. The number of para-hydroxylation sites is 1. The summed E-state index contributed by atoms with van der Waals surface area (Å²) in [6.07, 6.45) is 3.35. The van der Waals surface area contributed by atoms with Gasteiger partial charge in [0.1, 0.15) is 0 Å². The number of methoxy groups -OCH3 is 2. The Hall–Kier alpha value is -2.77. The minimum Gasteiger partial charge on any atom is -0.493 e. The monoisotopic (exact) mass is 361 g/mol. The predicted molar refractivity (Wildman–Crippen MR) is 92.7 cm³/mol. The third-order valence-corrected chi connectivity index (χ3v) is 4.39. The Kier molecular flexibility index (Phi) is 5.60. The molecule has 8 nitrogen and oxygen atoms in total. The maximum Gasteiger partial charge on any atom is 0.309 e. The van der Waals surface area contributed by atoms with Gasteiger partial charge in [0, 0.05) is 13.0 Å². The molecule has 1 aliphatic carbocycles. The Bertz CT molecular complexity index is 753. The number of rotatable bonds is 6. The molecule has 1 saturated carbocycles. The van der Waals surface area contributed by atoms with Crippen molar-refractivity contribution in [1.29, 1.82) is 0 Å². The first-order valence-corrected chi connectivity index (χ1v) is 8.59. The summed E-state index contributed by atoms with van der Waals surface area (Å²) in [5.74, 6) is 1.95. The smallest absolute Gasteiger partial charge is 0.309 e. The summed E-state index contributed by atoms with van der Waals surface area (Å²) in [5, 5.41) is 10.3. The number of amides is 1. The van der Waals surface area contributed by atoms with Crippen LogP contribution >= 0.6 is 0 Å². The zero-order valence-corrected chi connectivity index (χ0v) is 15.2. The normalized spacial score (nSPS) is 19.7. The number of hydrogen-bond acceptors (Lipinski definition) is 7. The summed E-state index contributed by atoms with van der Waals surface area (Å²) in [6.45, 7) is 1.65. The van der Waals surface area contributed by atoms with Crippen molar-refractivity contribution < 1.29 is 23.4 Å². The van der Waals surface area contributed by atoms with E-state index in [9.17, 15) is 4.79 Å². The number of hydrogen-bond donors (Lipinski definition) is 1. The van der Waals surface area contributed by atoms with Crippen molar-refractivity contribution in [3.63, 3.8) is 0 Å². The summed E-state index contributed by atoms with van der Waals surface area (Å²) in [4.78, 5) is 12.1. The molecule has 140 valence electrons. The van der Waals surface area contributed by atoms with Crippen LogP contribution in [0.25, 0.3) is 0 Å². The molecule has 8 heteroatoms. The van der Waals surface area contributed by atoms with Crippen LogP contribution in [-0.4, -0.2) is 42.5 Å². The van der Waals surface area contributed by atoms with E-state index in [2.05, 4.69) is 15.5 Å². The molecule has 1 fully saturated rings. The van der Waals surface area contributed by atoms with Crippen LogP contribution < -0.4 is 19.5 Å². The second-order valence-electron chi connectivity index (χ2n) is 6.18. The fourth-order valence-electron chi connectivity index (χ4n) is 3.09. The molecule has 0 saturated heterocycles. The zero-order valence-electron chi connectivity index (χ0n) is 15.2. The number of aromatic nitrogens is 2. The first kappa shape index (κ1) is 18.0. The van der Waals surface area contributed by atoms with Gasteiger partial charge in [0.05, 0.1) is 20.3 Å². The van der Waals surface area contributed by atoms with Gasteiger partial charge in [-0.1, -0.05) is 6.07 Å². The highest BCUT2D eigenvalue weighted by Gasteiger charge is 2.26. The highest BCUT2D eigenvalue weighted by Crippen LogP contribution is 2.38. The van der Waals surface area contributed by atoms with Gasteiger partial charge in [-0.05, 0) is 37.8 Å². The molecule has 0 atom stereocenters. The lowest BCUT2D eigenvalue weighted by molar-refractivity contribution is 0.0856. The average molecular weight is 361 g/mol. The van der Waals surface area contributed by atoms with Gasteiger partial charge in [0.25, 0.3) is 0 Å². The Morgan fingerprint density at radius 2 is 1.85 bits per heavy atom. The fraction of sp³-hybridized carbons (Fsp3) is 0.500. The van der Waals surface area contributed by atoms with Crippen LogP contribution in [0, 0.1) is 6.92 Å². The van der Waals surface area contributed by atoms with E-state index < -0.39 is 0 Å². The highest BCUT2D eigenvalue weighted by atomic mass is 16.5. The van der Waals surface area contributed by atoms with Crippen LogP contribution in [0.4, 0.5) is 0 Å². The Morgan fingerprint density at radius 3 is 2.46 bits per heavy atom. The van der Waals surface area contributed by atoms with Crippen molar-refractivity contribution in [2.24, 2.45) is 0 Å². The Morgan fingerprint density at radius 1 is 1.12 bits per heavy atom. The van der Waals surface area contributed by atoms with E-state index >= 15 is 0 Å². The first-order chi connectivity index (χ1) is 12.6. The lowest BCUT2D eigenvalue weighted by atomic mass is 9.93. The van der Waals surface area contributed by atoms with Crippen molar-refractivity contribution in [2.45, 2.75) is 44.8 Å². The van der Waals surface area contributed by atoms with Crippen molar-refractivity contribution >= 4 is 5.91 Å². The van der Waals surface area contributed by atoms with Crippen molar-refractivity contribution in [3.05, 3.63) is 30.0 Å². The second-order valence-corrected chi connectivity index (χ2v) is 6.18. The molecule has 1 aromatic carbocycles. The molecule has 26 heavy (non-hydrogen) atoms. The van der Waals surface area contributed by atoms with E-state index in [0.29, 0.717) is 23.1 Å². The quantitative estimate of drug-likeness (QED) is 0.844. The lowest BCUT2D eigenvalue weighted by Crippen LogP contribution is -2.39. The number of nitrogens with one attached hydrogen (secondary N) is 1. The van der Waals surface area contributed by atoms with E-state index in [1.54, 1.807) is 21.1 Å². The maximum absolute atomic E-state index is 12.1. The van der Waals surface area contributed by atoms with Gasteiger partial charge >= 0.3 is 11.8 Å². The number of aryl methyl sites for hydroxylation is 1. The van der Waals surface area contributed by atoms with Crippen LogP contribution in [0.3, 0.4) is 0 Å². The van der Waals surface area contributed by atoms with Crippen molar-refractivity contribution in [2.75, 3.05) is 14.2 Å². The van der Waals surface area contributed by atoms with Gasteiger partial charge in [0.2, 0.25) is 11.6 Å². The van der Waals surface area contributed by atoms with E-state index in [-0.39, 0.29) is 23.9 Å². The number of benzene rings is 1. The molecule has 0 unspecified atom stereocenters. The van der Waals surface area contributed by atoms with E-state index in [1.165, 1.54) is 0 Å². The largest absolute Gasteiger partial charge is 0.493 e. The van der Waals surface area contributed by atoms with Crippen molar-refractivity contribution in [1.82, 2.24) is 15.5 Å². The second kappa shape index (κ2) is 8.07. The Labute approximate surface area is 151 Å². The van der Waals surface area contributed by atoms with Gasteiger partial charge in [-0.15, -0.1) is 10.2 Å². The van der Waals surface area contributed by atoms with Gasteiger partial charge in [0.15, 0.2) is 11.5 Å². The zero-order chi connectivity index (χ0) is 18.5. The molecule has 0 aliphatic heterocycles. The minimum absolute atomic E-state index is 0.00184. The molecular weight excluding hydrogens is 338 g/mol. The van der Waals surface area contributed by atoms with Gasteiger partial charge in [-0.3, -0.25) is 4.79 Å². The predicted octanol–water partition coefficient (Wildman–Crippen LogP) is 2.52. The van der Waals surface area contributed by atoms with Crippen LogP contribution in [0.15, 0.2) is 22.6 Å². The molecule has 1 aliphatic rings. The molecule has 1 amide bonds. The molecule has 1 heterocycles. The summed E-state index contributed by atoms with van der Waals surface area (Å²) < 4.78 is 22.0. The molecule has 0 spiro atoms. The number of nitrogens with zero attached hydrogens (tertiary/aromatic N) is 2. The average Bonchev–Trinajstić information content (AvgIpc) is 3.09. The molecular formula is C18H23N3O5. The first-order valence-electron chi connectivity index (χ1n) is 8.59. The van der Waals surface area contributed by atoms with Crippen LogP contribution in [0.2, 0.25) is 0 Å². The number of carbonyl (C=O) groups is 1. The highest BCUT2D eigenvalue weighted by molar-refractivity contribution is 5.89. The van der Waals surface area contributed by atoms with Crippen LogP contribution in [0.1, 0.15) is 42.3 Å². The molecule has 0 bridgehead atoms. The van der Waals surface area contributed by atoms with E-state index in [0.717, 1.165) is 25.7 Å². The van der Waals surface area contributed by atoms with E-state index in [4.69, 9.17) is 18.6 Å². The Balaban J connectivity index is 1.53. The summed E-state index contributed by atoms with van der Waals surface area (Å²) >= 11 is 0. The molecule has 1 aromatic heterocycles. The summed E-state index contributed by atoms with van der Waals surface area (Å²) in [6, 6.07) is 5.64. The molecule has 3 rings (SSSR count). The van der Waals surface area contributed by atoms with Gasteiger partial charge in [-0.2, -0.15) is 0 Å². The van der Waals surface area contributed by atoms with Crippen molar-refractivity contribution in [3.8, 4) is 17.2 Å². The number of ether oxygens (including phenoxy) is 3. The van der Waals surface area contributed by atoms with Crippen LogP contribution in [-0.2, 0) is 0 Å². The third kappa shape index (κ3) is 4.07. The number of carbonyl (C=O) groups excluding carboxylic acids is 1. The summed E-state index contributed by atoms with van der Waals surface area (Å²) in [5.41, 5.74) is 0. The summed E-state index contributed by atoms with van der Waals surface area (Å²) in [7, 11) is 3.19. The van der Waals surface area contributed by atoms with Gasteiger partial charge < -0.3 is 23.9 Å². The SMILES string of the molecule is COc1cccc(OC2CCC(NC(=O)c3nnc(C)o3)CC2)c1OC. The lowest BCUT2D eigenvalue weighted by Gasteiger charge is -2.29. The van der Waals surface area contributed by atoms with E-state index in [1.807, 2.05) is 18.2 Å². The van der Waals surface area contributed by atoms with Crippen LogP contribution in [0.5, 0.6) is 17.2 Å². The molecule has 2 aromatic rings. The molecule has 1 N–H and O–H groups in total. The third-order valence-electron chi connectivity index (χ3n) is 4.39.